The van der Waals surface area contributed by atoms with Crippen LogP contribution in [0.1, 0.15) is 33.1 Å². The summed E-state index contributed by atoms with van der Waals surface area (Å²) in [6.07, 6.45) is 3.11. The Kier molecular flexibility index (Phi) is 1.15. The minimum Gasteiger partial charge on any atom is -0.368 e. The average Bonchev–Trinajstić information content (AvgIpc) is 2.36. The fourth-order valence-corrected chi connectivity index (χ4v) is 2.40. The van der Waals surface area contributed by atoms with Gasteiger partial charge in [0.15, 0.2) is 0 Å². The molecule has 2 aliphatic rings. The van der Waals surface area contributed by atoms with Gasteiger partial charge in [0.2, 0.25) is 0 Å². The summed E-state index contributed by atoms with van der Waals surface area (Å²) in [5.74, 6) is 0.126. The van der Waals surface area contributed by atoms with Crippen LogP contribution >= 0.6 is 0 Å². The molecule has 0 aromatic carbocycles. The van der Waals surface area contributed by atoms with E-state index in [1.807, 2.05) is 0 Å². The van der Waals surface area contributed by atoms with Crippen LogP contribution < -0.4 is 0 Å². The van der Waals surface area contributed by atoms with Crippen molar-refractivity contribution in [2.45, 2.75) is 44.3 Å². The Morgan fingerprint density at radius 3 is 2.45 bits per heavy atom. The molecule has 0 N–H and O–H groups in total. The standard InChI is InChI=1S/C9H13NO/c1-8-3-4-9(2,11-8)7(5-8)6-10/h7H,3-5H2,1-2H3/t7-,8+,9+/m0/s1. The lowest BCUT2D eigenvalue weighted by molar-refractivity contribution is -0.0325. The molecule has 2 fully saturated rings. The predicted molar refractivity (Wildman–Crippen MR) is 40.8 cm³/mol. The molecule has 0 aromatic heterocycles. The molecule has 0 aliphatic carbocycles. The molecule has 3 atom stereocenters. The molecule has 2 bridgehead atoms. The smallest absolute Gasteiger partial charge is 0.0821 e. The molecule has 2 nitrogen and oxygen atoms in total. The summed E-state index contributed by atoms with van der Waals surface area (Å²) < 4.78 is 5.83. The minimum absolute atomic E-state index is 0.0230. The summed E-state index contributed by atoms with van der Waals surface area (Å²) in [5, 5.41) is 8.84. The summed E-state index contributed by atoms with van der Waals surface area (Å²) in [4.78, 5) is 0. The highest BCUT2D eigenvalue weighted by atomic mass is 16.5. The van der Waals surface area contributed by atoms with E-state index in [0.717, 1.165) is 19.3 Å². The molecule has 0 spiro atoms. The van der Waals surface area contributed by atoms with Gasteiger partial charge in [-0.25, -0.2) is 0 Å². The first-order valence-electron chi connectivity index (χ1n) is 4.18. The van der Waals surface area contributed by atoms with Crippen molar-refractivity contribution in [2.75, 3.05) is 0 Å². The van der Waals surface area contributed by atoms with Gasteiger partial charge >= 0.3 is 0 Å². The number of hydrogen-bond acceptors (Lipinski definition) is 2. The zero-order chi connectivity index (χ0) is 8.11. The molecule has 2 saturated heterocycles. The third-order valence-electron chi connectivity index (χ3n) is 3.16. The van der Waals surface area contributed by atoms with Crippen LogP contribution in [0.3, 0.4) is 0 Å². The topological polar surface area (TPSA) is 33.0 Å². The van der Waals surface area contributed by atoms with Gasteiger partial charge in [-0.15, -0.1) is 0 Å². The van der Waals surface area contributed by atoms with E-state index in [4.69, 9.17) is 10.00 Å². The predicted octanol–water partition coefficient (Wildman–Crippen LogP) is 1.86. The largest absolute Gasteiger partial charge is 0.368 e. The number of nitriles is 1. The molecule has 11 heavy (non-hydrogen) atoms. The zero-order valence-electron chi connectivity index (χ0n) is 7.05. The lowest BCUT2D eigenvalue weighted by Crippen LogP contribution is -2.28. The Labute approximate surface area is 67.2 Å². The van der Waals surface area contributed by atoms with Gasteiger partial charge in [0.25, 0.3) is 0 Å². The van der Waals surface area contributed by atoms with Crippen LogP contribution in [0.15, 0.2) is 0 Å². The van der Waals surface area contributed by atoms with E-state index in [1.54, 1.807) is 0 Å². The van der Waals surface area contributed by atoms with Gasteiger partial charge in [0.1, 0.15) is 0 Å². The van der Waals surface area contributed by atoms with E-state index in [-0.39, 0.29) is 17.1 Å². The van der Waals surface area contributed by atoms with Gasteiger partial charge in [-0.3, -0.25) is 0 Å². The number of nitrogens with zero attached hydrogens (tertiary/aromatic N) is 1. The quantitative estimate of drug-likeness (QED) is 0.529. The fourth-order valence-electron chi connectivity index (χ4n) is 2.40. The maximum absolute atomic E-state index is 8.84. The van der Waals surface area contributed by atoms with Crippen LogP contribution in [0.4, 0.5) is 0 Å². The van der Waals surface area contributed by atoms with Crippen molar-refractivity contribution >= 4 is 0 Å². The van der Waals surface area contributed by atoms with Crippen LogP contribution in [0.25, 0.3) is 0 Å². The highest BCUT2D eigenvalue weighted by molar-refractivity contribution is 5.12. The number of hydrogen-bond donors (Lipinski definition) is 0. The molecule has 2 heterocycles. The summed E-state index contributed by atoms with van der Waals surface area (Å²) in [5.41, 5.74) is -0.0986. The Morgan fingerprint density at radius 1 is 1.45 bits per heavy atom. The Morgan fingerprint density at radius 2 is 2.18 bits per heavy atom. The summed E-state index contributed by atoms with van der Waals surface area (Å²) in [6.45, 7) is 4.19. The third-order valence-corrected chi connectivity index (χ3v) is 3.16. The van der Waals surface area contributed by atoms with Crippen LogP contribution in [0.5, 0.6) is 0 Å². The van der Waals surface area contributed by atoms with E-state index in [1.165, 1.54) is 0 Å². The van der Waals surface area contributed by atoms with E-state index in [9.17, 15) is 0 Å². The van der Waals surface area contributed by atoms with Gasteiger partial charge in [-0.1, -0.05) is 0 Å². The second kappa shape index (κ2) is 1.78. The molecule has 0 aromatic rings. The molecular weight excluding hydrogens is 138 g/mol. The summed E-state index contributed by atoms with van der Waals surface area (Å²) in [7, 11) is 0. The molecule has 2 heteroatoms. The van der Waals surface area contributed by atoms with E-state index < -0.39 is 0 Å². The molecule has 60 valence electrons. The van der Waals surface area contributed by atoms with E-state index in [0.29, 0.717) is 0 Å². The molecule has 2 rings (SSSR count). The number of fused-ring (bicyclic) bond motifs is 2. The van der Waals surface area contributed by atoms with Crippen molar-refractivity contribution in [2.24, 2.45) is 5.92 Å². The number of rotatable bonds is 0. The van der Waals surface area contributed by atoms with E-state index in [2.05, 4.69) is 19.9 Å². The zero-order valence-corrected chi connectivity index (χ0v) is 7.05. The highest BCUT2D eigenvalue weighted by Crippen LogP contribution is 2.53. The number of ether oxygens (including phenoxy) is 1. The Balaban J connectivity index is 2.30. The first-order valence-corrected chi connectivity index (χ1v) is 4.18. The van der Waals surface area contributed by atoms with Crippen LogP contribution in [0, 0.1) is 17.2 Å². The normalized spacial score (nSPS) is 54.5. The molecule has 0 radical (unpaired) electrons. The summed E-state index contributed by atoms with van der Waals surface area (Å²) >= 11 is 0. The third kappa shape index (κ3) is 0.810. The first kappa shape index (κ1) is 7.12. The maximum Gasteiger partial charge on any atom is 0.0821 e. The Hall–Kier alpha value is -0.550. The SMILES string of the molecule is C[C@]12CC[C@@](C)(O1)[C@H](C#N)C2. The van der Waals surface area contributed by atoms with Crippen LogP contribution in [-0.4, -0.2) is 11.2 Å². The van der Waals surface area contributed by atoms with Gasteiger partial charge in [0.05, 0.1) is 23.2 Å². The summed E-state index contributed by atoms with van der Waals surface area (Å²) in [6, 6.07) is 2.34. The molecule has 0 saturated carbocycles. The average molecular weight is 151 g/mol. The molecule has 0 unspecified atom stereocenters. The minimum atomic E-state index is -0.122. The fraction of sp³-hybridized carbons (Fsp3) is 0.889. The first-order chi connectivity index (χ1) is 5.08. The van der Waals surface area contributed by atoms with E-state index >= 15 is 0 Å². The Bertz CT molecular complexity index is 232. The highest BCUT2D eigenvalue weighted by Gasteiger charge is 2.56. The monoisotopic (exact) mass is 151 g/mol. The van der Waals surface area contributed by atoms with Crippen molar-refractivity contribution in [3.8, 4) is 6.07 Å². The lowest BCUT2D eigenvalue weighted by atomic mass is 9.76. The van der Waals surface area contributed by atoms with Crippen molar-refractivity contribution in [3.63, 3.8) is 0 Å². The van der Waals surface area contributed by atoms with Crippen LogP contribution in [-0.2, 0) is 4.74 Å². The second-order valence-corrected chi connectivity index (χ2v) is 4.25. The van der Waals surface area contributed by atoms with Crippen LogP contribution in [0.2, 0.25) is 0 Å². The van der Waals surface area contributed by atoms with Gasteiger partial charge < -0.3 is 4.74 Å². The van der Waals surface area contributed by atoms with Crippen molar-refractivity contribution in [1.82, 2.24) is 0 Å². The van der Waals surface area contributed by atoms with Crippen molar-refractivity contribution in [3.05, 3.63) is 0 Å². The second-order valence-electron chi connectivity index (χ2n) is 4.25. The van der Waals surface area contributed by atoms with Crippen molar-refractivity contribution < 1.29 is 4.74 Å². The molecule has 2 aliphatic heterocycles. The van der Waals surface area contributed by atoms with Gasteiger partial charge in [-0.2, -0.15) is 5.26 Å². The van der Waals surface area contributed by atoms with Gasteiger partial charge in [0, 0.05) is 0 Å². The van der Waals surface area contributed by atoms with Crippen molar-refractivity contribution in [1.29, 1.82) is 5.26 Å². The lowest BCUT2D eigenvalue weighted by Gasteiger charge is -2.22. The molecular formula is C9H13NO. The van der Waals surface area contributed by atoms with Gasteiger partial charge in [-0.05, 0) is 33.1 Å². The molecule has 0 amide bonds. The maximum atomic E-state index is 8.84.